The maximum absolute atomic E-state index is 13.1. The van der Waals surface area contributed by atoms with Gasteiger partial charge in [-0.2, -0.15) is 0 Å². The first kappa shape index (κ1) is 21.3. The topological polar surface area (TPSA) is 88.6 Å². The van der Waals surface area contributed by atoms with Gasteiger partial charge in [-0.15, -0.1) is 0 Å². The van der Waals surface area contributed by atoms with E-state index in [1.54, 1.807) is 42.3 Å². The maximum atomic E-state index is 13.1. The number of imide groups is 1. The Morgan fingerprint density at radius 1 is 1.00 bits per heavy atom. The number of ether oxygens (including phenoxy) is 3. The normalized spacial score (nSPS) is 23.1. The van der Waals surface area contributed by atoms with Crippen molar-refractivity contribution in [1.82, 2.24) is 9.80 Å². The molecule has 0 aromatic heterocycles. The molecule has 9 nitrogen and oxygen atoms in total. The van der Waals surface area contributed by atoms with E-state index in [0.29, 0.717) is 49.1 Å². The summed E-state index contributed by atoms with van der Waals surface area (Å²) in [6.07, 6.45) is -0.565. The molecule has 2 atom stereocenters. The quantitative estimate of drug-likeness (QED) is 0.648. The fraction of sp³-hybridized carbons (Fsp3) is 0.375. The maximum Gasteiger partial charge on any atom is 0.267 e. The lowest BCUT2D eigenvalue weighted by atomic mass is 10.1. The molecule has 2 aromatic carbocycles. The van der Waals surface area contributed by atoms with Gasteiger partial charge in [0.15, 0.2) is 11.5 Å². The van der Waals surface area contributed by atoms with Crippen LogP contribution in [-0.2, 0) is 14.4 Å². The Kier molecular flexibility index (Phi) is 5.63. The van der Waals surface area contributed by atoms with Gasteiger partial charge in [-0.05, 0) is 24.3 Å². The van der Waals surface area contributed by atoms with Crippen molar-refractivity contribution in [3.63, 3.8) is 0 Å². The highest BCUT2D eigenvalue weighted by atomic mass is 16.6. The summed E-state index contributed by atoms with van der Waals surface area (Å²) in [7, 11) is 1.54. The number of methoxy groups -OCH3 is 1. The van der Waals surface area contributed by atoms with Crippen molar-refractivity contribution in [3.05, 3.63) is 48.5 Å². The van der Waals surface area contributed by atoms with E-state index in [2.05, 4.69) is 0 Å². The van der Waals surface area contributed by atoms with Gasteiger partial charge >= 0.3 is 0 Å². The van der Waals surface area contributed by atoms with Gasteiger partial charge in [-0.3, -0.25) is 19.3 Å². The Morgan fingerprint density at radius 2 is 1.76 bits per heavy atom. The van der Waals surface area contributed by atoms with Crippen LogP contribution < -0.4 is 19.1 Å². The second kappa shape index (κ2) is 8.74. The van der Waals surface area contributed by atoms with Crippen molar-refractivity contribution >= 4 is 23.4 Å². The molecule has 3 amide bonds. The van der Waals surface area contributed by atoms with Gasteiger partial charge in [0.05, 0.1) is 25.3 Å². The third kappa shape index (κ3) is 4.00. The van der Waals surface area contributed by atoms with Crippen molar-refractivity contribution in [2.45, 2.75) is 18.6 Å². The number of hydrogen-bond donors (Lipinski definition) is 0. The summed E-state index contributed by atoms with van der Waals surface area (Å²) in [4.78, 5) is 43.7. The number of benzene rings is 2. The summed E-state index contributed by atoms with van der Waals surface area (Å²) >= 11 is 0. The number of hydrogen-bond acceptors (Lipinski definition) is 7. The highest BCUT2D eigenvalue weighted by Crippen LogP contribution is 2.32. The predicted octanol–water partition coefficient (Wildman–Crippen LogP) is 1.31. The zero-order valence-corrected chi connectivity index (χ0v) is 18.3. The van der Waals surface area contributed by atoms with E-state index in [-0.39, 0.29) is 30.7 Å². The van der Waals surface area contributed by atoms with Crippen LogP contribution >= 0.6 is 0 Å². The molecule has 2 fully saturated rings. The molecule has 5 rings (SSSR count). The SMILES string of the molecule is COc1cccc(N2C(=O)C[C@@H](N3CCN(C(=O)[C@@H]4COc5ccccc5O4)CC3)C2=O)c1. The second-order valence-corrected chi connectivity index (χ2v) is 8.21. The van der Waals surface area contributed by atoms with Gasteiger partial charge in [-0.1, -0.05) is 18.2 Å². The van der Waals surface area contributed by atoms with Gasteiger partial charge < -0.3 is 19.1 Å². The third-order valence-electron chi connectivity index (χ3n) is 6.29. The molecule has 3 aliphatic heterocycles. The number of anilines is 1. The first-order valence-electron chi connectivity index (χ1n) is 11.0. The van der Waals surface area contributed by atoms with E-state index in [4.69, 9.17) is 14.2 Å². The number of carbonyl (C=O) groups excluding carboxylic acids is 3. The van der Waals surface area contributed by atoms with Crippen molar-refractivity contribution in [3.8, 4) is 17.2 Å². The van der Waals surface area contributed by atoms with Crippen LogP contribution in [0.3, 0.4) is 0 Å². The van der Waals surface area contributed by atoms with Crippen LogP contribution in [0.4, 0.5) is 5.69 Å². The lowest BCUT2D eigenvalue weighted by Gasteiger charge is -2.38. The third-order valence-corrected chi connectivity index (χ3v) is 6.29. The minimum absolute atomic E-state index is 0.125. The van der Waals surface area contributed by atoms with E-state index in [1.165, 1.54) is 4.90 Å². The number of piperazine rings is 1. The van der Waals surface area contributed by atoms with E-state index in [0.717, 1.165) is 0 Å². The number of para-hydroxylation sites is 2. The van der Waals surface area contributed by atoms with Crippen LogP contribution in [0, 0.1) is 0 Å². The van der Waals surface area contributed by atoms with Crippen LogP contribution in [0.1, 0.15) is 6.42 Å². The zero-order valence-electron chi connectivity index (χ0n) is 18.3. The largest absolute Gasteiger partial charge is 0.497 e. The summed E-state index contributed by atoms with van der Waals surface area (Å²) in [6.45, 7) is 2.09. The zero-order chi connectivity index (χ0) is 22.9. The molecule has 3 aliphatic rings. The second-order valence-electron chi connectivity index (χ2n) is 8.21. The minimum atomic E-state index is -0.690. The summed E-state index contributed by atoms with van der Waals surface area (Å²) < 4.78 is 16.7. The monoisotopic (exact) mass is 451 g/mol. The lowest BCUT2D eigenvalue weighted by molar-refractivity contribution is -0.143. The first-order valence-corrected chi connectivity index (χ1v) is 11.0. The number of amides is 3. The molecule has 2 saturated heterocycles. The van der Waals surface area contributed by atoms with Gasteiger partial charge in [0.2, 0.25) is 12.0 Å². The Labute approximate surface area is 191 Å². The molecule has 0 radical (unpaired) electrons. The highest BCUT2D eigenvalue weighted by molar-refractivity contribution is 6.22. The average molecular weight is 451 g/mol. The van der Waals surface area contributed by atoms with Gasteiger partial charge in [0.1, 0.15) is 12.4 Å². The van der Waals surface area contributed by atoms with E-state index in [1.807, 2.05) is 23.1 Å². The molecule has 9 heteroatoms. The van der Waals surface area contributed by atoms with Gasteiger partial charge in [-0.25, -0.2) is 4.90 Å². The van der Waals surface area contributed by atoms with Crippen LogP contribution in [-0.4, -0.2) is 79.6 Å². The first-order chi connectivity index (χ1) is 16.0. The van der Waals surface area contributed by atoms with Gasteiger partial charge in [0.25, 0.3) is 11.8 Å². The summed E-state index contributed by atoms with van der Waals surface area (Å²) in [5.41, 5.74) is 0.510. The molecule has 0 bridgehead atoms. The number of fused-ring (bicyclic) bond motifs is 1. The molecule has 0 unspecified atom stereocenters. The fourth-order valence-corrected chi connectivity index (χ4v) is 4.52. The molecule has 0 aliphatic carbocycles. The van der Waals surface area contributed by atoms with Crippen LogP contribution in [0.5, 0.6) is 17.2 Å². The number of carbonyl (C=O) groups is 3. The molecular formula is C24H25N3O6. The Bertz CT molecular complexity index is 1080. The standard InChI is InChI=1S/C24H25N3O6/c1-31-17-6-4-5-16(13-17)27-22(28)14-18(23(27)29)25-9-11-26(12-10-25)24(30)21-15-32-19-7-2-3-8-20(19)33-21/h2-8,13,18,21H,9-12,14-15H2,1H3/t18-,21+/m1/s1. The molecule has 0 spiro atoms. The molecule has 3 heterocycles. The summed E-state index contributed by atoms with van der Waals surface area (Å²) in [5, 5.41) is 0. The molecule has 172 valence electrons. The van der Waals surface area contributed by atoms with Crippen LogP contribution in [0.2, 0.25) is 0 Å². The highest BCUT2D eigenvalue weighted by Gasteiger charge is 2.44. The predicted molar refractivity (Wildman–Crippen MR) is 118 cm³/mol. The van der Waals surface area contributed by atoms with Crippen molar-refractivity contribution in [1.29, 1.82) is 0 Å². The van der Waals surface area contributed by atoms with E-state index in [9.17, 15) is 14.4 Å². The van der Waals surface area contributed by atoms with Gasteiger partial charge in [0, 0.05) is 32.2 Å². The molecule has 0 saturated carbocycles. The molecular weight excluding hydrogens is 426 g/mol. The smallest absolute Gasteiger partial charge is 0.267 e. The number of nitrogens with zero attached hydrogens (tertiary/aromatic N) is 3. The Morgan fingerprint density at radius 3 is 2.52 bits per heavy atom. The van der Waals surface area contributed by atoms with Crippen molar-refractivity contribution in [2.24, 2.45) is 0 Å². The van der Waals surface area contributed by atoms with E-state index < -0.39 is 12.1 Å². The minimum Gasteiger partial charge on any atom is -0.497 e. The summed E-state index contributed by atoms with van der Waals surface area (Å²) in [6, 6.07) is 13.7. The fourth-order valence-electron chi connectivity index (χ4n) is 4.52. The van der Waals surface area contributed by atoms with Crippen molar-refractivity contribution < 1.29 is 28.6 Å². The molecule has 0 N–H and O–H groups in total. The van der Waals surface area contributed by atoms with Crippen LogP contribution in [0.25, 0.3) is 0 Å². The summed E-state index contributed by atoms with van der Waals surface area (Å²) in [5.74, 6) is 1.18. The lowest BCUT2D eigenvalue weighted by Crippen LogP contribution is -2.57. The number of rotatable bonds is 4. The molecule has 2 aromatic rings. The van der Waals surface area contributed by atoms with Crippen molar-refractivity contribution in [2.75, 3.05) is 44.8 Å². The van der Waals surface area contributed by atoms with E-state index >= 15 is 0 Å². The van der Waals surface area contributed by atoms with Crippen LogP contribution in [0.15, 0.2) is 48.5 Å². The average Bonchev–Trinajstić information content (AvgIpc) is 3.17. The molecule has 33 heavy (non-hydrogen) atoms. The Hall–Kier alpha value is -3.59. The Balaban J connectivity index is 1.20.